The first-order valence-corrected chi connectivity index (χ1v) is 22.7. The second-order valence-electron chi connectivity index (χ2n) is 15.1. The zero-order chi connectivity index (χ0) is 40.7. The molecule has 0 aromatic carbocycles. The molecule has 8 unspecified atom stereocenters. The van der Waals surface area contributed by atoms with E-state index in [9.17, 15) is 38.7 Å². The van der Waals surface area contributed by atoms with Crippen LogP contribution in [0.5, 0.6) is 0 Å². The van der Waals surface area contributed by atoms with Crippen LogP contribution in [0.4, 0.5) is 0 Å². The summed E-state index contributed by atoms with van der Waals surface area (Å²) >= 11 is 0. The predicted molar refractivity (Wildman–Crippen MR) is 215 cm³/mol. The summed E-state index contributed by atoms with van der Waals surface area (Å²) in [4.78, 5) is 13.0. The molecule has 324 valence electrons. The van der Waals surface area contributed by atoms with Crippen LogP contribution in [0.3, 0.4) is 0 Å². The number of ether oxygens (including phenoxy) is 2. The molecular formula is C41H77NO12S. The number of unbranched alkanes of at least 4 members (excludes halogenated alkanes) is 20. The van der Waals surface area contributed by atoms with E-state index < -0.39 is 78.5 Å². The summed E-state index contributed by atoms with van der Waals surface area (Å²) in [6.07, 6.45) is 22.7. The Labute approximate surface area is 332 Å². The first kappa shape index (κ1) is 51.6. The summed E-state index contributed by atoms with van der Waals surface area (Å²) in [5.74, 6) is -0.714. The summed E-state index contributed by atoms with van der Waals surface area (Å²) in [6.45, 7) is 3.16. The average molecular weight is 808 g/mol. The zero-order valence-electron chi connectivity index (χ0n) is 33.9. The van der Waals surface area contributed by atoms with Crippen molar-refractivity contribution < 1.29 is 57.0 Å². The number of rotatable bonds is 35. The molecule has 1 saturated heterocycles. The van der Waals surface area contributed by atoms with Crippen LogP contribution in [0.15, 0.2) is 24.3 Å². The van der Waals surface area contributed by atoms with Crippen molar-refractivity contribution in [2.24, 2.45) is 0 Å². The molecule has 7 N–H and O–H groups in total. The van der Waals surface area contributed by atoms with Crippen molar-refractivity contribution in [3.8, 4) is 0 Å². The van der Waals surface area contributed by atoms with Crippen molar-refractivity contribution in [3.05, 3.63) is 24.3 Å². The Morgan fingerprint density at radius 1 is 0.727 bits per heavy atom. The van der Waals surface area contributed by atoms with Gasteiger partial charge in [-0.05, 0) is 32.1 Å². The number of carbonyl (C=O) groups excluding carboxylic acids is 1. The van der Waals surface area contributed by atoms with E-state index in [1.54, 1.807) is 6.08 Å². The molecular weight excluding hydrogens is 731 g/mol. The molecule has 55 heavy (non-hydrogen) atoms. The third-order valence-corrected chi connectivity index (χ3v) is 10.6. The van der Waals surface area contributed by atoms with Gasteiger partial charge >= 0.3 is 10.4 Å². The van der Waals surface area contributed by atoms with Crippen LogP contribution < -0.4 is 5.32 Å². The van der Waals surface area contributed by atoms with Gasteiger partial charge in [-0.2, -0.15) is 8.42 Å². The molecule has 14 heteroatoms. The number of hydrogen-bond donors (Lipinski definition) is 7. The maximum atomic E-state index is 13.0. The van der Waals surface area contributed by atoms with Crippen LogP contribution >= 0.6 is 0 Å². The maximum Gasteiger partial charge on any atom is 0.397 e. The van der Waals surface area contributed by atoms with E-state index in [2.05, 4.69) is 35.5 Å². The van der Waals surface area contributed by atoms with Gasteiger partial charge in [-0.3, -0.25) is 9.35 Å². The summed E-state index contributed by atoms with van der Waals surface area (Å²) in [5, 5.41) is 55.0. The fraction of sp³-hybridized carbons (Fsp3) is 0.878. The van der Waals surface area contributed by atoms with E-state index >= 15 is 0 Å². The number of carbonyl (C=O) groups is 1. The molecule has 1 aliphatic rings. The summed E-state index contributed by atoms with van der Waals surface area (Å²) < 4.78 is 47.3. The molecule has 0 bridgehead atoms. The standard InChI is InChI=1S/C41H77NO12S/c1-3-5-7-9-11-13-15-17-18-20-21-23-25-27-29-34(44)33(32-52-41-38(47)39(54-55(49,50)51)37(46)36(31-43)53-41)42-40(48)35(45)30-28-26-24-22-19-16-14-12-10-8-6-4-2/h20-21,27,29,33-39,41,43-47H,3-19,22-26,28,30-32H2,1-2H3,(H,42,48)(H,49,50,51)/b21-20+,29-27+. The van der Waals surface area contributed by atoms with E-state index in [-0.39, 0.29) is 6.42 Å². The van der Waals surface area contributed by atoms with Gasteiger partial charge in [0.05, 0.1) is 25.4 Å². The maximum absolute atomic E-state index is 13.0. The average Bonchev–Trinajstić information content (AvgIpc) is 3.15. The fourth-order valence-electron chi connectivity index (χ4n) is 6.65. The molecule has 0 aromatic rings. The molecule has 1 aliphatic heterocycles. The highest BCUT2D eigenvalue weighted by molar-refractivity contribution is 7.80. The Bertz CT molecular complexity index is 1110. The Morgan fingerprint density at radius 3 is 1.75 bits per heavy atom. The zero-order valence-corrected chi connectivity index (χ0v) is 34.7. The number of aliphatic hydroxyl groups is 5. The number of allylic oxidation sites excluding steroid dienone is 3. The second-order valence-corrected chi connectivity index (χ2v) is 16.1. The van der Waals surface area contributed by atoms with Gasteiger partial charge in [0, 0.05) is 0 Å². The highest BCUT2D eigenvalue weighted by atomic mass is 32.3. The number of amides is 1. The van der Waals surface area contributed by atoms with Crippen LogP contribution in [0.1, 0.15) is 168 Å². The molecule has 0 aliphatic carbocycles. The largest absolute Gasteiger partial charge is 0.397 e. The van der Waals surface area contributed by atoms with Gasteiger partial charge in [0.25, 0.3) is 0 Å². The fourth-order valence-corrected chi connectivity index (χ4v) is 7.16. The third kappa shape index (κ3) is 25.5. The smallest absolute Gasteiger partial charge is 0.394 e. The van der Waals surface area contributed by atoms with Gasteiger partial charge in [-0.1, -0.05) is 160 Å². The quantitative estimate of drug-likeness (QED) is 0.0212. The first-order chi connectivity index (χ1) is 26.4. The van der Waals surface area contributed by atoms with Crippen molar-refractivity contribution in [1.82, 2.24) is 5.32 Å². The summed E-state index contributed by atoms with van der Waals surface area (Å²) in [7, 11) is -5.12. The Balaban J connectivity index is 2.68. The minimum absolute atomic E-state index is 0.239. The molecule has 0 radical (unpaired) electrons. The van der Waals surface area contributed by atoms with Gasteiger partial charge in [-0.15, -0.1) is 0 Å². The van der Waals surface area contributed by atoms with Crippen molar-refractivity contribution in [2.75, 3.05) is 13.2 Å². The SMILES string of the molecule is CCCCCCCCCC/C=C/CC/C=C/C(O)C(COC1OC(CO)C(O)C(OS(=O)(=O)O)C1O)NC(=O)C(O)CCCCCCCCCCCCCC. The summed E-state index contributed by atoms with van der Waals surface area (Å²) in [6, 6.07) is -1.13. The summed E-state index contributed by atoms with van der Waals surface area (Å²) in [5.41, 5.74) is 0. The van der Waals surface area contributed by atoms with Gasteiger partial charge in [-0.25, -0.2) is 4.18 Å². The molecule has 0 spiro atoms. The van der Waals surface area contributed by atoms with Crippen LogP contribution in [0.25, 0.3) is 0 Å². The van der Waals surface area contributed by atoms with Crippen LogP contribution in [0.2, 0.25) is 0 Å². The number of hydrogen-bond acceptors (Lipinski definition) is 11. The number of aliphatic hydroxyl groups excluding tert-OH is 5. The lowest BCUT2D eigenvalue weighted by Gasteiger charge is -2.41. The van der Waals surface area contributed by atoms with Crippen molar-refractivity contribution in [1.29, 1.82) is 0 Å². The van der Waals surface area contributed by atoms with Gasteiger partial charge in [0.15, 0.2) is 6.29 Å². The number of nitrogens with one attached hydrogen (secondary N) is 1. The highest BCUT2D eigenvalue weighted by Crippen LogP contribution is 2.26. The molecule has 13 nitrogen and oxygen atoms in total. The van der Waals surface area contributed by atoms with Crippen molar-refractivity contribution in [3.63, 3.8) is 0 Å². The molecule has 0 aromatic heterocycles. The lowest BCUT2D eigenvalue weighted by molar-refractivity contribution is -0.298. The second kappa shape index (κ2) is 32.5. The van der Waals surface area contributed by atoms with Gasteiger partial charge < -0.3 is 40.3 Å². The Hall–Kier alpha value is -1.46. The van der Waals surface area contributed by atoms with E-state index in [0.717, 1.165) is 38.5 Å². The van der Waals surface area contributed by atoms with Gasteiger partial charge in [0.2, 0.25) is 5.91 Å². The van der Waals surface area contributed by atoms with Crippen LogP contribution in [-0.2, 0) is 28.9 Å². The molecule has 0 saturated carbocycles. The predicted octanol–water partition coefficient (Wildman–Crippen LogP) is 6.35. The van der Waals surface area contributed by atoms with Crippen molar-refractivity contribution >= 4 is 16.3 Å². The lowest BCUT2D eigenvalue weighted by Crippen LogP contribution is -2.61. The highest BCUT2D eigenvalue weighted by Gasteiger charge is 2.48. The third-order valence-electron chi connectivity index (χ3n) is 10.1. The topological polar surface area (TPSA) is 212 Å². The lowest BCUT2D eigenvalue weighted by atomic mass is 9.99. The minimum atomic E-state index is -5.12. The van der Waals surface area contributed by atoms with E-state index in [0.29, 0.717) is 12.8 Å². The molecule has 1 fully saturated rings. The van der Waals surface area contributed by atoms with Crippen LogP contribution in [0, 0.1) is 0 Å². The minimum Gasteiger partial charge on any atom is -0.394 e. The molecule has 8 atom stereocenters. The van der Waals surface area contributed by atoms with E-state index in [1.165, 1.54) is 102 Å². The Kier molecular flexibility index (Phi) is 30.5. The van der Waals surface area contributed by atoms with Gasteiger partial charge in [0.1, 0.15) is 30.5 Å². The first-order valence-electron chi connectivity index (χ1n) is 21.3. The Morgan fingerprint density at radius 2 is 1.22 bits per heavy atom. The van der Waals surface area contributed by atoms with E-state index in [4.69, 9.17) is 14.0 Å². The molecule has 1 amide bonds. The van der Waals surface area contributed by atoms with Crippen LogP contribution in [-0.4, -0.2) is 107 Å². The van der Waals surface area contributed by atoms with Crippen molar-refractivity contribution in [2.45, 2.75) is 217 Å². The van der Waals surface area contributed by atoms with E-state index in [1.807, 2.05) is 0 Å². The normalized spacial score (nSPS) is 22.4. The monoisotopic (exact) mass is 808 g/mol. The molecule has 1 heterocycles. The molecule has 1 rings (SSSR count).